The number of hydroxylamine groups is 1. The molecule has 34 heavy (non-hydrogen) atoms. The van der Waals surface area contributed by atoms with Gasteiger partial charge in [0.1, 0.15) is 0 Å². The lowest BCUT2D eigenvalue weighted by atomic mass is 10.0. The third-order valence-corrected chi connectivity index (χ3v) is 5.88. The van der Waals surface area contributed by atoms with Crippen LogP contribution in [0.4, 0.5) is 0 Å². The van der Waals surface area contributed by atoms with Crippen molar-refractivity contribution in [2.24, 2.45) is 0 Å². The fourth-order valence-corrected chi connectivity index (χ4v) is 4.46. The maximum atomic E-state index is 12.6. The number of piperazine rings is 1. The van der Waals surface area contributed by atoms with Gasteiger partial charge in [-0.05, 0) is 48.8 Å². The first-order valence-corrected chi connectivity index (χ1v) is 11.3. The van der Waals surface area contributed by atoms with Crippen molar-refractivity contribution in [2.45, 2.75) is 39.4 Å². The third kappa shape index (κ3) is 6.73. The highest BCUT2D eigenvalue weighted by Crippen LogP contribution is 2.19. The van der Waals surface area contributed by atoms with Crippen molar-refractivity contribution in [1.29, 1.82) is 0 Å². The molecule has 0 aromatic heterocycles. The van der Waals surface area contributed by atoms with Gasteiger partial charge >= 0.3 is 0 Å². The van der Waals surface area contributed by atoms with Crippen molar-refractivity contribution in [1.82, 2.24) is 15.3 Å². The van der Waals surface area contributed by atoms with Crippen LogP contribution in [0.1, 0.15) is 47.8 Å². The molecule has 0 bridgehead atoms. The van der Waals surface area contributed by atoms with Gasteiger partial charge in [0.05, 0.1) is 0 Å². The van der Waals surface area contributed by atoms with E-state index in [-0.39, 0.29) is 23.8 Å². The highest BCUT2D eigenvalue weighted by molar-refractivity contribution is 6.06. The molecule has 0 spiro atoms. The molecule has 1 heterocycles. The average molecular weight is 462 g/mol. The Bertz CT molecular complexity index is 1080. The minimum atomic E-state index is -0.609. The molecule has 1 saturated heterocycles. The SMILES string of the molecule is CC(=O)N1[C@H](C)CN(Cc2ccc(C(=O)/C=C/c3cccc(/C=C/C(=O)NO)c3)cc2)C[C@@H]1C. The number of nitrogens with zero attached hydrogens (tertiary/aromatic N) is 2. The first-order chi connectivity index (χ1) is 16.3. The number of nitrogens with one attached hydrogen (secondary N) is 1. The normalized spacial score (nSPS) is 19.0. The number of allylic oxidation sites excluding steroid dienone is 1. The molecule has 178 valence electrons. The summed E-state index contributed by atoms with van der Waals surface area (Å²) in [6.07, 6.45) is 6.06. The zero-order valence-electron chi connectivity index (χ0n) is 19.8. The van der Waals surface area contributed by atoms with Gasteiger partial charge in [0.15, 0.2) is 5.78 Å². The Balaban J connectivity index is 1.59. The summed E-state index contributed by atoms with van der Waals surface area (Å²) in [5, 5.41) is 8.55. The number of hydrogen-bond acceptors (Lipinski definition) is 5. The van der Waals surface area contributed by atoms with Crippen molar-refractivity contribution >= 4 is 29.7 Å². The van der Waals surface area contributed by atoms with Gasteiger partial charge in [0, 0.05) is 50.3 Å². The number of amides is 2. The molecule has 0 radical (unpaired) electrons. The largest absolute Gasteiger partial charge is 0.335 e. The molecule has 2 atom stereocenters. The number of carbonyl (C=O) groups excluding carboxylic acids is 3. The van der Waals surface area contributed by atoms with Crippen LogP contribution in [0.3, 0.4) is 0 Å². The van der Waals surface area contributed by atoms with Crippen LogP contribution in [-0.4, -0.2) is 57.8 Å². The van der Waals surface area contributed by atoms with Gasteiger partial charge in [-0.2, -0.15) is 0 Å². The van der Waals surface area contributed by atoms with Crippen molar-refractivity contribution in [3.05, 3.63) is 82.9 Å². The standard InChI is InChI=1S/C27H31N3O4/c1-19-16-29(17-20(2)30(19)21(3)31)18-24-7-11-25(12-8-24)26(32)13-9-22-5-4-6-23(15-22)10-14-27(33)28-34/h4-15,19-20,34H,16-18H2,1-3H3,(H,28,33)/b13-9+,14-10+/t19-,20+. The van der Waals surface area contributed by atoms with Crippen LogP contribution >= 0.6 is 0 Å². The highest BCUT2D eigenvalue weighted by Gasteiger charge is 2.30. The van der Waals surface area contributed by atoms with Crippen LogP contribution < -0.4 is 5.48 Å². The van der Waals surface area contributed by atoms with Gasteiger partial charge in [0.2, 0.25) is 5.91 Å². The van der Waals surface area contributed by atoms with Crippen LogP contribution in [0.2, 0.25) is 0 Å². The van der Waals surface area contributed by atoms with Crippen molar-refractivity contribution in [2.75, 3.05) is 13.1 Å². The predicted octanol–water partition coefficient (Wildman–Crippen LogP) is 3.54. The average Bonchev–Trinajstić information content (AvgIpc) is 2.81. The Morgan fingerprint density at radius 1 is 0.971 bits per heavy atom. The number of benzene rings is 2. The molecule has 7 nitrogen and oxygen atoms in total. The summed E-state index contributed by atoms with van der Waals surface area (Å²) in [5.41, 5.74) is 4.88. The molecule has 2 aromatic carbocycles. The van der Waals surface area contributed by atoms with Crippen LogP contribution in [0.5, 0.6) is 0 Å². The van der Waals surface area contributed by atoms with E-state index in [4.69, 9.17) is 5.21 Å². The van der Waals surface area contributed by atoms with E-state index >= 15 is 0 Å². The minimum Gasteiger partial charge on any atom is -0.335 e. The van der Waals surface area contributed by atoms with Gasteiger partial charge in [-0.3, -0.25) is 24.5 Å². The van der Waals surface area contributed by atoms with Crippen LogP contribution in [0, 0.1) is 0 Å². The molecule has 7 heteroatoms. The van der Waals surface area contributed by atoms with E-state index in [0.29, 0.717) is 5.56 Å². The monoisotopic (exact) mass is 461 g/mol. The third-order valence-electron chi connectivity index (χ3n) is 5.88. The zero-order valence-corrected chi connectivity index (χ0v) is 19.8. The molecule has 0 saturated carbocycles. The molecular weight excluding hydrogens is 430 g/mol. The molecule has 1 fully saturated rings. The van der Waals surface area contributed by atoms with E-state index in [1.165, 1.54) is 12.2 Å². The minimum absolute atomic E-state index is 0.0931. The summed E-state index contributed by atoms with van der Waals surface area (Å²) in [7, 11) is 0. The Morgan fingerprint density at radius 2 is 1.56 bits per heavy atom. The van der Waals surface area contributed by atoms with Gasteiger partial charge in [0.25, 0.3) is 5.91 Å². The molecule has 2 aromatic rings. The molecule has 2 amide bonds. The summed E-state index contributed by atoms with van der Waals surface area (Å²) in [6.45, 7) is 8.21. The molecule has 0 aliphatic carbocycles. The first-order valence-electron chi connectivity index (χ1n) is 11.3. The first kappa shape index (κ1) is 25.1. The zero-order chi connectivity index (χ0) is 24.7. The smallest absolute Gasteiger partial charge is 0.267 e. The molecular formula is C27H31N3O4. The molecule has 1 aliphatic rings. The fourth-order valence-electron chi connectivity index (χ4n) is 4.46. The second-order valence-electron chi connectivity index (χ2n) is 8.69. The maximum Gasteiger partial charge on any atom is 0.267 e. The molecule has 2 N–H and O–H groups in total. The van der Waals surface area contributed by atoms with Gasteiger partial charge in [-0.25, -0.2) is 5.48 Å². The van der Waals surface area contributed by atoms with E-state index in [2.05, 4.69) is 18.7 Å². The van der Waals surface area contributed by atoms with E-state index < -0.39 is 5.91 Å². The maximum absolute atomic E-state index is 12.6. The highest BCUT2D eigenvalue weighted by atomic mass is 16.5. The quantitative estimate of drug-likeness (QED) is 0.285. The van der Waals surface area contributed by atoms with Gasteiger partial charge in [-0.15, -0.1) is 0 Å². The van der Waals surface area contributed by atoms with Crippen LogP contribution in [-0.2, 0) is 16.1 Å². The molecule has 1 aliphatic heterocycles. The number of ketones is 1. The lowest BCUT2D eigenvalue weighted by molar-refractivity contribution is -0.136. The van der Waals surface area contributed by atoms with E-state index in [0.717, 1.165) is 36.3 Å². The predicted molar refractivity (Wildman–Crippen MR) is 132 cm³/mol. The van der Waals surface area contributed by atoms with Gasteiger partial charge in [-0.1, -0.05) is 48.5 Å². The van der Waals surface area contributed by atoms with E-state index in [1.54, 1.807) is 24.6 Å². The Hall–Kier alpha value is -3.55. The lowest BCUT2D eigenvalue weighted by Crippen LogP contribution is -2.57. The number of rotatable bonds is 7. The van der Waals surface area contributed by atoms with Crippen molar-refractivity contribution in [3.63, 3.8) is 0 Å². The summed E-state index contributed by atoms with van der Waals surface area (Å²) in [6, 6.07) is 15.3. The van der Waals surface area contributed by atoms with E-state index in [1.807, 2.05) is 53.4 Å². The summed E-state index contributed by atoms with van der Waals surface area (Å²) in [4.78, 5) is 39.9. The Labute approximate surface area is 200 Å². The summed E-state index contributed by atoms with van der Waals surface area (Å²) in [5.74, 6) is -0.584. The summed E-state index contributed by atoms with van der Waals surface area (Å²) >= 11 is 0. The topological polar surface area (TPSA) is 90.0 Å². The van der Waals surface area contributed by atoms with Crippen molar-refractivity contribution < 1.29 is 19.6 Å². The van der Waals surface area contributed by atoms with Crippen LogP contribution in [0.15, 0.2) is 60.7 Å². The number of hydrogen-bond donors (Lipinski definition) is 2. The van der Waals surface area contributed by atoms with E-state index in [9.17, 15) is 14.4 Å². The second-order valence-corrected chi connectivity index (χ2v) is 8.69. The van der Waals surface area contributed by atoms with Gasteiger partial charge < -0.3 is 4.90 Å². The fraction of sp³-hybridized carbons (Fsp3) is 0.296. The van der Waals surface area contributed by atoms with Crippen LogP contribution in [0.25, 0.3) is 12.2 Å². The number of carbonyl (C=O) groups is 3. The summed E-state index contributed by atoms with van der Waals surface area (Å²) < 4.78 is 0. The lowest BCUT2D eigenvalue weighted by Gasteiger charge is -2.44. The molecule has 3 rings (SSSR count). The Morgan fingerprint density at radius 3 is 2.12 bits per heavy atom. The second kappa shape index (κ2) is 11.5. The van der Waals surface area contributed by atoms with Crippen molar-refractivity contribution in [3.8, 4) is 0 Å². The Kier molecular flexibility index (Phi) is 8.51. The molecule has 0 unspecified atom stereocenters.